The van der Waals surface area contributed by atoms with Crippen LogP contribution in [0.4, 0.5) is 10.1 Å². The summed E-state index contributed by atoms with van der Waals surface area (Å²) in [5.74, 6) is -0.640. The molecule has 1 rings (SSSR count). The number of carbonyl (C=O) groups is 1. The molecule has 0 fully saturated rings. The van der Waals surface area contributed by atoms with Crippen molar-refractivity contribution in [2.24, 2.45) is 5.73 Å². The zero-order valence-corrected chi connectivity index (χ0v) is 9.53. The van der Waals surface area contributed by atoms with Gasteiger partial charge in [0.2, 0.25) is 5.91 Å². The molecule has 0 aliphatic rings. The third-order valence-electron chi connectivity index (χ3n) is 2.24. The number of amides is 1. The van der Waals surface area contributed by atoms with E-state index in [9.17, 15) is 9.18 Å². The number of carbonyl (C=O) groups excluding carboxylic acids is 1. The van der Waals surface area contributed by atoms with E-state index in [2.05, 4.69) is 0 Å². The van der Waals surface area contributed by atoms with Gasteiger partial charge in [0.25, 0.3) is 0 Å². The van der Waals surface area contributed by atoms with Crippen LogP contribution in [0.5, 0.6) is 5.75 Å². The summed E-state index contributed by atoms with van der Waals surface area (Å²) in [4.78, 5) is 12.9. The van der Waals surface area contributed by atoms with E-state index in [0.717, 1.165) is 0 Å². The van der Waals surface area contributed by atoms with Crippen LogP contribution in [0.15, 0.2) is 18.2 Å². The highest BCUT2D eigenvalue weighted by atomic mass is 19.1. The third kappa shape index (κ3) is 2.49. The Hall–Kier alpha value is -1.62. The van der Waals surface area contributed by atoms with Gasteiger partial charge >= 0.3 is 0 Å². The molecule has 0 saturated carbocycles. The number of halogens is 1. The van der Waals surface area contributed by atoms with Crippen LogP contribution in [-0.2, 0) is 4.79 Å². The second-order valence-electron chi connectivity index (χ2n) is 3.50. The lowest BCUT2D eigenvalue weighted by Gasteiger charge is -2.19. The summed E-state index contributed by atoms with van der Waals surface area (Å²) in [6.45, 7) is 1.58. The Morgan fingerprint density at radius 1 is 1.56 bits per heavy atom. The number of nitrogens with two attached hydrogens (primary N) is 1. The number of anilines is 1. The Bertz CT molecular complexity index is 394. The van der Waals surface area contributed by atoms with E-state index >= 15 is 0 Å². The number of hydrogen-bond acceptors (Lipinski definition) is 3. The Labute approximate surface area is 93.8 Å². The predicted molar refractivity (Wildman–Crippen MR) is 60.0 cm³/mol. The molecule has 0 radical (unpaired) electrons. The fraction of sp³-hybridized carbons (Fsp3) is 0.364. The number of methoxy groups -OCH3 is 1. The normalized spacial score (nSPS) is 12.1. The lowest BCUT2D eigenvalue weighted by Crippen LogP contribution is -2.39. The van der Waals surface area contributed by atoms with E-state index < -0.39 is 11.9 Å². The van der Waals surface area contributed by atoms with Gasteiger partial charge in [0.05, 0.1) is 13.2 Å². The van der Waals surface area contributed by atoms with Crippen molar-refractivity contribution in [3.8, 4) is 5.75 Å². The maximum absolute atomic E-state index is 13.4. The largest absolute Gasteiger partial charge is 0.494 e. The first-order valence-electron chi connectivity index (χ1n) is 4.84. The molecule has 0 aliphatic carbocycles. The molecule has 0 heterocycles. The molecule has 1 aromatic rings. The molecule has 1 unspecified atom stereocenters. The highest BCUT2D eigenvalue weighted by Gasteiger charge is 2.16. The van der Waals surface area contributed by atoms with Crippen LogP contribution in [0, 0.1) is 5.82 Å². The van der Waals surface area contributed by atoms with E-state index in [1.807, 2.05) is 0 Å². The maximum Gasteiger partial charge on any atom is 0.243 e. The van der Waals surface area contributed by atoms with Crippen LogP contribution in [0.25, 0.3) is 0 Å². The molecule has 4 nitrogen and oxygen atoms in total. The summed E-state index contributed by atoms with van der Waals surface area (Å²) < 4.78 is 18.2. The van der Waals surface area contributed by atoms with E-state index in [1.54, 1.807) is 20.0 Å². The lowest BCUT2D eigenvalue weighted by molar-refractivity contribution is -0.119. The van der Waals surface area contributed by atoms with Gasteiger partial charge in [-0.25, -0.2) is 4.39 Å². The van der Waals surface area contributed by atoms with Gasteiger partial charge in [-0.1, -0.05) is 0 Å². The predicted octanol–water partition coefficient (Wildman–Crippen LogP) is 1.14. The molecule has 0 aliphatic heterocycles. The Balaban J connectivity index is 2.97. The fourth-order valence-electron chi connectivity index (χ4n) is 1.30. The molecule has 88 valence electrons. The van der Waals surface area contributed by atoms with Crippen LogP contribution in [-0.4, -0.2) is 26.1 Å². The summed E-state index contributed by atoms with van der Waals surface area (Å²) in [5, 5.41) is 0. The number of rotatable bonds is 3. The topological polar surface area (TPSA) is 55.6 Å². The quantitative estimate of drug-likeness (QED) is 0.841. The zero-order chi connectivity index (χ0) is 12.3. The molecular weight excluding hydrogens is 211 g/mol. The minimum absolute atomic E-state index is 0.144. The minimum Gasteiger partial charge on any atom is -0.494 e. The third-order valence-corrected chi connectivity index (χ3v) is 2.24. The first-order valence-corrected chi connectivity index (χ1v) is 4.84. The van der Waals surface area contributed by atoms with Crippen molar-refractivity contribution in [3.05, 3.63) is 24.0 Å². The summed E-state index contributed by atoms with van der Waals surface area (Å²) in [6.07, 6.45) is 0. The van der Waals surface area contributed by atoms with Gasteiger partial charge in [-0.05, 0) is 19.1 Å². The number of ether oxygens (including phenoxy) is 1. The fourth-order valence-corrected chi connectivity index (χ4v) is 1.30. The van der Waals surface area contributed by atoms with Gasteiger partial charge in [0, 0.05) is 18.8 Å². The average molecular weight is 226 g/mol. The molecule has 0 saturated heterocycles. The van der Waals surface area contributed by atoms with Gasteiger partial charge in [0.1, 0.15) is 0 Å². The summed E-state index contributed by atoms with van der Waals surface area (Å²) in [6, 6.07) is 3.69. The van der Waals surface area contributed by atoms with Gasteiger partial charge in [-0.15, -0.1) is 0 Å². The van der Waals surface area contributed by atoms with E-state index in [0.29, 0.717) is 5.69 Å². The molecule has 16 heavy (non-hydrogen) atoms. The highest BCUT2D eigenvalue weighted by Crippen LogP contribution is 2.22. The van der Waals surface area contributed by atoms with Gasteiger partial charge < -0.3 is 15.4 Å². The molecule has 5 heteroatoms. The standard InChI is InChI=1S/C11H15FN2O2/c1-7(13)11(15)14(2)8-4-5-10(16-3)9(12)6-8/h4-7H,13H2,1-3H3. The zero-order valence-electron chi connectivity index (χ0n) is 9.53. The maximum atomic E-state index is 13.4. The van der Waals surface area contributed by atoms with Crippen molar-refractivity contribution in [2.75, 3.05) is 19.1 Å². The van der Waals surface area contributed by atoms with Crippen molar-refractivity contribution < 1.29 is 13.9 Å². The molecule has 0 spiro atoms. The molecule has 1 amide bonds. The van der Waals surface area contributed by atoms with Crippen molar-refractivity contribution in [2.45, 2.75) is 13.0 Å². The van der Waals surface area contributed by atoms with E-state index in [1.165, 1.54) is 24.1 Å². The highest BCUT2D eigenvalue weighted by molar-refractivity contribution is 5.96. The van der Waals surface area contributed by atoms with Gasteiger partial charge in [0.15, 0.2) is 11.6 Å². The monoisotopic (exact) mass is 226 g/mol. The Morgan fingerprint density at radius 2 is 2.19 bits per heavy atom. The molecule has 1 aromatic carbocycles. The van der Waals surface area contributed by atoms with Gasteiger partial charge in [-0.3, -0.25) is 4.79 Å². The molecular formula is C11H15FN2O2. The summed E-state index contributed by atoms with van der Waals surface area (Å²) in [5.41, 5.74) is 5.90. The first-order chi connectivity index (χ1) is 7.47. The number of hydrogen-bond donors (Lipinski definition) is 1. The number of benzene rings is 1. The summed E-state index contributed by atoms with van der Waals surface area (Å²) in [7, 11) is 2.93. The number of likely N-dealkylation sites (N-methyl/N-ethyl adjacent to an activating group) is 1. The van der Waals surface area contributed by atoms with Crippen molar-refractivity contribution >= 4 is 11.6 Å². The molecule has 0 aromatic heterocycles. The number of nitrogens with zero attached hydrogens (tertiary/aromatic N) is 1. The van der Waals surface area contributed by atoms with Crippen molar-refractivity contribution in [1.82, 2.24) is 0 Å². The minimum atomic E-state index is -0.616. The molecule has 0 bridgehead atoms. The smallest absolute Gasteiger partial charge is 0.243 e. The molecule has 2 N–H and O–H groups in total. The SMILES string of the molecule is COc1ccc(N(C)C(=O)C(C)N)cc1F. The van der Waals surface area contributed by atoms with Crippen LogP contribution >= 0.6 is 0 Å². The van der Waals surface area contributed by atoms with E-state index in [-0.39, 0.29) is 11.7 Å². The second-order valence-corrected chi connectivity index (χ2v) is 3.50. The lowest BCUT2D eigenvalue weighted by atomic mass is 10.2. The van der Waals surface area contributed by atoms with Crippen LogP contribution in [0.2, 0.25) is 0 Å². The van der Waals surface area contributed by atoms with Crippen LogP contribution < -0.4 is 15.4 Å². The molecule has 1 atom stereocenters. The van der Waals surface area contributed by atoms with Crippen molar-refractivity contribution in [3.63, 3.8) is 0 Å². The van der Waals surface area contributed by atoms with E-state index in [4.69, 9.17) is 10.5 Å². The van der Waals surface area contributed by atoms with Crippen LogP contribution in [0.1, 0.15) is 6.92 Å². The second kappa shape index (κ2) is 4.94. The Morgan fingerprint density at radius 3 is 2.62 bits per heavy atom. The first kappa shape index (κ1) is 12.4. The summed E-state index contributed by atoms with van der Waals surface area (Å²) >= 11 is 0. The Kier molecular flexibility index (Phi) is 3.84. The van der Waals surface area contributed by atoms with Crippen LogP contribution in [0.3, 0.4) is 0 Å². The van der Waals surface area contributed by atoms with Gasteiger partial charge in [-0.2, -0.15) is 0 Å². The van der Waals surface area contributed by atoms with Crippen molar-refractivity contribution in [1.29, 1.82) is 0 Å². The average Bonchev–Trinajstić information content (AvgIpc) is 2.26.